The first kappa shape index (κ1) is 7.99. The van der Waals surface area contributed by atoms with Crippen LogP contribution >= 0.6 is 0 Å². The van der Waals surface area contributed by atoms with Crippen LogP contribution in [0.2, 0.25) is 4.82 Å². The van der Waals surface area contributed by atoms with Crippen LogP contribution in [0.25, 0.3) is 0 Å². The molecule has 0 amide bonds. The Morgan fingerprint density at radius 3 is 2.50 bits per heavy atom. The molecule has 0 aromatic carbocycles. The van der Waals surface area contributed by atoms with Crippen LogP contribution in [-0.4, -0.2) is 27.1 Å². The molecule has 1 unspecified atom stereocenters. The summed E-state index contributed by atoms with van der Waals surface area (Å²) in [5, 5.41) is 8.20. The predicted octanol–water partition coefficient (Wildman–Crippen LogP) is 0.560. The summed E-state index contributed by atoms with van der Waals surface area (Å²) in [6.45, 7) is 1.98. The van der Waals surface area contributed by atoms with Crippen LogP contribution in [0.5, 0.6) is 0 Å². The zero-order valence-electron chi connectivity index (χ0n) is 4.79. The molecular weight excluding hydrogens is 171 g/mol. The second kappa shape index (κ2) is 3.93. The zero-order valence-corrected chi connectivity index (χ0v) is 6.67. The van der Waals surface area contributed by atoms with Crippen molar-refractivity contribution >= 4 is 22.0 Å². The van der Waals surface area contributed by atoms with E-state index in [9.17, 15) is 4.79 Å². The van der Waals surface area contributed by atoms with Gasteiger partial charge in [-0.1, -0.05) is 0 Å². The van der Waals surface area contributed by atoms with Gasteiger partial charge in [0.05, 0.1) is 0 Å². The molecule has 0 spiro atoms. The quantitative estimate of drug-likeness (QED) is 0.646. The van der Waals surface area contributed by atoms with Gasteiger partial charge in [0.1, 0.15) is 0 Å². The van der Waals surface area contributed by atoms with Gasteiger partial charge in [-0.2, -0.15) is 0 Å². The second-order valence-corrected chi connectivity index (χ2v) is 3.19. The molecule has 0 heterocycles. The monoisotopic (exact) mass is 182 g/mol. The molecule has 2 nitrogen and oxygen atoms in total. The van der Waals surface area contributed by atoms with Crippen molar-refractivity contribution in [3.63, 3.8) is 0 Å². The van der Waals surface area contributed by atoms with Gasteiger partial charge in [-0.15, -0.1) is 0 Å². The summed E-state index contributed by atoms with van der Waals surface area (Å²) in [6.07, 6.45) is 1.20. The molecule has 0 aromatic rings. The van der Waals surface area contributed by atoms with Gasteiger partial charge in [0.15, 0.2) is 0 Å². The Labute approximate surface area is 57.1 Å². The van der Waals surface area contributed by atoms with E-state index in [-0.39, 0.29) is 11.2 Å². The molecule has 0 bridgehead atoms. The molecule has 0 saturated heterocycles. The van der Waals surface area contributed by atoms with E-state index in [0.717, 1.165) is 6.42 Å². The molecule has 1 atom stereocenters. The summed E-state index contributed by atoms with van der Waals surface area (Å²) in [6, 6.07) is 0. The van der Waals surface area contributed by atoms with Crippen LogP contribution in [-0.2, 0) is 4.79 Å². The summed E-state index contributed by atoms with van der Waals surface area (Å²) < 4.78 is 0. The fourth-order valence-electron chi connectivity index (χ4n) is 0.346. The molecule has 8 heavy (non-hydrogen) atoms. The molecule has 0 saturated carbocycles. The average Bonchev–Trinajstić information content (AvgIpc) is 1.65. The summed E-state index contributed by atoms with van der Waals surface area (Å²) in [5.74, 6) is -0.711. The Kier molecular flexibility index (Phi) is 3.92. The standard InChI is InChI=1S/C5H10O2Se/c1-2-4(8)3-5(6)7/h4,8H,2-3H2,1H3,(H,6,7). The van der Waals surface area contributed by atoms with E-state index in [4.69, 9.17) is 5.11 Å². The molecule has 3 heteroatoms. The van der Waals surface area contributed by atoms with Crippen LogP contribution in [0.3, 0.4) is 0 Å². The molecule has 0 fully saturated rings. The Morgan fingerprint density at radius 1 is 1.88 bits per heavy atom. The zero-order chi connectivity index (χ0) is 6.57. The number of aliphatic carboxylic acids is 1. The van der Waals surface area contributed by atoms with Crippen molar-refractivity contribution in [2.75, 3.05) is 0 Å². The Morgan fingerprint density at radius 2 is 2.38 bits per heavy atom. The molecule has 0 aliphatic heterocycles. The van der Waals surface area contributed by atoms with Gasteiger partial charge in [0.2, 0.25) is 0 Å². The number of hydrogen-bond donors (Lipinski definition) is 1. The van der Waals surface area contributed by atoms with Crippen LogP contribution in [0.15, 0.2) is 0 Å². The van der Waals surface area contributed by atoms with Gasteiger partial charge in [0.25, 0.3) is 0 Å². The van der Waals surface area contributed by atoms with E-state index < -0.39 is 5.97 Å². The van der Waals surface area contributed by atoms with Crippen LogP contribution in [0.1, 0.15) is 19.8 Å². The van der Waals surface area contributed by atoms with Gasteiger partial charge in [-0.25, -0.2) is 0 Å². The summed E-state index contributed by atoms with van der Waals surface area (Å²) in [4.78, 5) is 10.2. The van der Waals surface area contributed by atoms with Crippen LogP contribution in [0, 0.1) is 0 Å². The normalized spacial score (nSPS) is 13.2. The van der Waals surface area contributed by atoms with Crippen molar-refractivity contribution in [3.8, 4) is 0 Å². The molecular formula is C5H10O2Se. The average molecular weight is 181 g/mol. The van der Waals surface area contributed by atoms with Crippen LogP contribution in [0.4, 0.5) is 0 Å². The Bertz CT molecular complexity index is 82.5. The number of carbonyl (C=O) groups is 1. The van der Waals surface area contributed by atoms with Crippen LogP contribution < -0.4 is 0 Å². The van der Waals surface area contributed by atoms with Crippen molar-refractivity contribution in [2.45, 2.75) is 24.6 Å². The fourth-order valence-corrected chi connectivity index (χ4v) is 0.674. The predicted molar refractivity (Wildman–Crippen MR) is 33.4 cm³/mol. The van der Waals surface area contributed by atoms with Crippen molar-refractivity contribution in [2.24, 2.45) is 0 Å². The third-order valence-electron chi connectivity index (χ3n) is 0.881. The molecule has 0 radical (unpaired) electrons. The van der Waals surface area contributed by atoms with Gasteiger partial charge in [-0.3, -0.25) is 0 Å². The second-order valence-electron chi connectivity index (χ2n) is 1.66. The van der Waals surface area contributed by atoms with Crippen molar-refractivity contribution in [3.05, 3.63) is 0 Å². The number of carboxylic acids is 1. The fraction of sp³-hybridized carbons (Fsp3) is 0.800. The Hall–Kier alpha value is -0.0105. The van der Waals surface area contributed by atoms with Crippen molar-refractivity contribution < 1.29 is 9.90 Å². The summed E-state index contributed by atoms with van der Waals surface area (Å²) in [5.41, 5.74) is 0. The Balaban J connectivity index is 3.24. The minimum absolute atomic E-state index is 0.264. The first-order chi connectivity index (χ1) is 3.66. The maximum atomic E-state index is 9.96. The topological polar surface area (TPSA) is 37.3 Å². The van der Waals surface area contributed by atoms with Gasteiger partial charge in [0, 0.05) is 0 Å². The van der Waals surface area contributed by atoms with E-state index in [1.807, 2.05) is 6.92 Å². The van der Waals surface area contributed by atoms with E-state index in [1.54, 1.807) is 0 Å². The third-order valence-corrected chi connectivity index (χ3v) is 2.03. The van der Waals surface area contributed by atoms with E-state index in [2.05, 4.69) is 16.0 Å². The first-order valence-electron chi connectivity index (χ1n) is 2.56. The maximum absolute atomic E-state index is 9.96. The molecule has 0 aliphatic carbocycles. The number of hydrogen-bond acceptors (Lipinski definition) is 1. The molecule has 48 valence electrons. The molecule has 0 aliphatic rings. The number of rotatable bonds is 3. The van der Waals surface area contributed by atoms with Crippen molar-refractivity contribution in [1.29, 1.82) is 0 Å². The minimum atomic E-state index is -0.711. The van der Waals surface area contributed by atoms with Gasteiger partial charge >= 0.3 is 56.5 Å². The van der Waals surface area contributed by atoms with E-state index in [1.165, 1.54) is 0 Å². The summed E-state index contributed by atoms with van der Waals surface area (Å²) in [7, 11) is 0. The molecule has 0 rings (SSSR count). The molecule has 0 aromatic heterocycles. The third kappa shape index (κ3) is 4.16. The SMILES string of the molecule is CCC([SeH])CC(=O)O. The molecule has 1 N–H and O–H groups in total. The summed E-state index contributed by atoms with van der Waals surface area (Å²) >= 11 is 2.36. The van der Waals surface area contributed by atoms with Gasteiger partial charge in [-0.05, 0) is 0 Å². The number of carboxylic acid groups (broad SMARTS) is 1. The first-order valence-corrected chi connectivity index (χ1v) is 3.65. The van der Waals surface area contributed by atoms with Crippen molar-refractivity contribution in [1.82, 2.24) is 0 Å². The van der Waals surface area contributed by atoms with Gasteiger partial charge < -0.3 is 0 Å². The van der Waals surface area contributed by atoms with E-state index in [0.29, 0.717) is 0 Å². The van der Waals surface area contributed by atoms with E-state index >= 15 is 0 Å².